The highest BCUT2D eigenvalue weighted by molar-refractivity contribution is 5.84. The number of carbonyl (C=O) groups excluding carboxylic acids is 1. The van der Waals surface area contributed by atoms with E-state index in [0.717, 1.165) is 35.0 Å². The van der Waals surface area contributed by atoms with E-state index in [1.807, 2.05) is 36.4 Å². The Balaban J connectivity index is 1.13. The molecule has 35 heavy (non-hydrogen) atoms. The Morgan fingerprint density at radius 3 is 3.09 bits per heavy atom. The molecular weight excluding hydrogens is 448 g/mol. The van der Waals surface area contributed by atoms with Crippen LogP contribution in [-0.4, -0.2) is 53.8 Å². The summed E-state index contributed by atoms with van der Waals surface area (Å²) in [7, 11) is 1.59. The lowest BCUT2D eigenvalue weighted by Gasteiger charge is -2.23. The fraction of sp³-hybridized carbons (Fsp3) is 0.269. The van der Waals surface area contributed by atoms with Gasteiger partial charge in [0.25, 0.3) is 0 Å². The van der Waals surface area contributed by atoms with Crippen molar-refractivity contribution in [3.63, 3.8) is 0 Å². The summed E-state index contributed by atoms with van der Waals surface area (Å²) >= 11 is 0. The Kier molecular flexibility index (Phi) is 6.76. The van der Waals surface area contributed by atoms with Gasteiger partial charge in [-0.15, -0.1) is 0 Å². The fourth-order valence-electron chi connectivity index (χ4n) is 3.98. The Bertz CT molecular complexity index is 1260. The number of allylic oxidation sites excluding steroid dienone is 4. The highest BCUT2D eigenvalue weighted by Crippen LogP contribution is 2.29. The van der Waals surface area contributed by atoms with E-state index in [4.69, 9.17) is 18.9 Å². The van der Waals surface area contributed by atoms with Crippen molar-refractivity contribution in [2.75, 3.05) is 26.7 Å². The zero-order chi connectivity index (χ0) is 24.0. The van der Waals surface area contributed by atoms with Gasteiger partial charge >= 0.3 is 6.09 Å². The van der Waals surface area contributed by atoms with Crippen molar-refractivity contribution in [2.24, 2.45) is 0 Å². The first-order chi connectivity index (χ1) is 17.2. The predicted octanol–water partition coefficient (Wildman–Crippen LogP) is 4.03. The number of amides is 1. The Labute approximate surface area is 203 Å². The summed E-state index contributed by atoms with van der Waals surface area (Å²) in [6.07, 6.45) is 15.8. The molecule has 9 nitrogen and oxygen atoms in total. The minimum Gasteiger partial charge on any atom is -0.481 e. The van der Waals surface area contributed by atoms with Crippen LogP contribution in [0, 0.1) is 0 Å². The topological polar surface area (TPSA) is 95.0 Å². The molecule has 1 atom stereocenters. The first-order valence-electron chi connectivity index (χ1n) is 11.5. The zero-order valence-corrected chi connectivity index (χ0v) is 19.3. The van der Waals surface area contributed by atoms with E-state index in [9.17, 15) is 4.79 Å². The van der Waals surface area contributed by atoms with Gasteiger partial charge in [-0.3, -0.25) is 4.98 Å². The predicted molar refractivity (Wildman–Crippen MR) is 130 cm³/mol. The first kappa shape index (κ1) is 22.7. The van der Waals surface area contributed by atoms with E-state index < -0.39 is 6.09 Å². The monoisotopic (exact) mass is 474 g/mol. The summed E-state index contributed by atoms with van der Waals surface area (Å²) in [4.78, 5) is 22.7. The number of cyclic esters (lactones) is 1. The van der Waals surface area contributed by atoms with Crippen LogP contribution in [0.3, 0.4) is 0 Å². The van der Waals surface area contributed by atoms with Gasteiger partial charge in [0.05, 0.1) is 24.7 Å². The van der Waals surface area contributed by atoms with E-state index in [1.54, 1.807) is 25.6 Å². The molecule has 1 aliphatic carbocycles. The molecule has 0 unspecified atom stereocenters. The number of carbonyl (C=O) groups is 1. The van der Waals surface area contributed by atoms with Crippen molar-refractivity contribution in [3.05, 3.63) is 84.0 Å². The number of nitrogens with one attached hydrogen (secondary N) is 1. The molecule has 0 aromatic carbocycles. The van der Waals surface area contributed by atoms with Crippen molar-refractivity contribution >= 4 is 23.2 Å². The van der Waals surface area contributed by atoms with Crippen molar-refractivity contribution in [1.82, 2.24) is 20.2 Å². The van der Waals surface area contributed by atoms with Crippen LogP contribution in [0.25, 0.3) is 17.1 Å². The fourth-order valence-corrected chi connectivity index (χ4v) is 3.98. The first-order valence-corrected chi connectivity index (χ1v) is 11.5. The van der Waals surface area contributed by atoms with Gasteiger partial charge in [0.1, 0.15) is 12.4 Å². The number of rotatable bonds is 8. The molecular formula is C26H26N4O5. The van der Waals surface area contributed by atoms with Crippen LogP contribution in [0.5, 0.6) is 5.88 Å². The molecule has 0 spiro atoms. The number of hydrogen-bond acceptors (Lipinski definition) is 8. The van der Waals surface area contributed by atoms with Crippen molar-refractivity contribution < 1.29 is 23.7 Å². The van der Waals surface area contributed by atoms with E-state index in [1.165, 1.54) is 11.2 Å². The lowest BCUT2D eigenvalue weighted by molar-refractivity contribution is 0.119. The largest absolute Gasteiger partial charge is 0.481 e. The molecule has 2 aromatic rings. The smallest absolute Gasteiger partial charge is 0.417 e. The summed E-state index contributed by atoms with van der Waals surface area (Å²) < 4.78 is 22.1. The highest BCUT2D eigenvalue weighted by atomic mass is 16.6. The average molecular weight is 475 g/mol. The third-order valence-corrected chi connectivity index (χ3v) is 5.76. The molecule has 1 saturated heterocycles. The lowest BCUT2D eigenvalue weighted by atomic mass is 10.0. The quantitative estimate of drug-likeness (QED) is 0.573. The van der Waals surface area contributed by atoms with Crippen molar-refractivity contribution in [2.45, 2.75) is 18.9 Å². The maximum atomic E-state index is 12.4. The maximum absolute atomic E-state index is 12.4. The third kappa shape index (κ3) is 5.20. The molecule has 1 fully saturated rings. The van der Waals surface area contributed by atoms with Crippen LogP contribution >= 0.6 is 0 Å². The van der Waals surface area contributed by atoms with Gasteiger partial charge in [-0.2, -0.15) is 0 Å². The summed E-state index contributed by atoms with van der Waals surface area (Å²) in [5.41, 5.74) is 3.56. The summed E-state index contributed by atoms with van der Waals surface area (Å²) in [6, 6.07) is 5.58. The molecule has 2 aromatic heterocycles. The second kappa shape index (κ2) is 10.4. The molecule has 4 heterocycles. The molecule has 0 saturated carbocycles. The standard InChI is InChI=1S/C26H26N4O5/c1-32-23-10-9-21-25(29-23)19(11-13-28-21)8-5-12-27-14-20-15-30(26(31)34-20)24-17-33-16-22(35-24)18-6-3-2-4-7-18/h2-3,5-6,8-11,13,16-17,20,27H,4,7,12,14-15H2,1H3/b8-5+/t20-/m1/s1. The van der Waals surface area contributed by atoms with Crippen LogP contribution < -0.4 is 10.1 Å². The average Bonchev–Trinajstić information content (AvgIpc) is 3.29. The van der Waals surface area contributed by atoms with Crippen LogP contribution in [0.2, 0.25) is 0 Å². The van der Waals surface area contributed by atoms with Gasteiger partial charge in [-0.1, -0.05) is 30.4 Å². The molecule has 180 valence electrons. The van der Waals surface area contributed by atoms with Gasteiger partial charge in [0.15, 0.2) is 12.0 Å². The third-order valence-electron chi connectivity index (χ3n) is 5.76. The van der Waals surface area contributed by atoms with Crippen molar-refractivity contribution in [3.8, 4) is 5.88 Å². The van der Waals surface area contributed by atoms with Gasteiger partial charge in [0.2, 0.25) is 11.8 Å². The second-order valence-electron chi connectivity index (χ2n) is 8.13. The van der Waals surface area contributed by atoms with E-state index in [-0.39, 0.29) is 6.10 Å². The number of methoxy groups -OCH3 is 1. The van der Waals surface area contributed by atoms with Gasteiger partial charge in [-0.25, -0.2) is 14.7 Å². The van der Waals surface area contributed by atoms with Crippen LogP contribution in [0.1, 0.15) is 18.4 Å². The van der Waals surface area contributed by atoms with Crippen LogP contribution in [0.4, 0.5) is 4.79 Å². The minimum atomic E-state index is -0.454. The molecule has 1 amide bonds. The number of aromatic nitrogens is 2. The van der Waals surface area contributed by atoms with E-state index in [0.29, 0.717) is 37.2 Å². The number of fused-ring (bicyclic) bond motifs is 1. The Morgan fingerprint density at radius 1 is 1.29 bits per heavy atom. The normalized spacial score (nSPS) is 19.7. The Morgan fingerprint density at radius 2 is 2.23 bits per heavy atom. The molecule has 1 N–H and O–H groups in total. The van der Waals surface area contributed by atoms with Crippen LogP contribution in [-0.2, 0) is 14.2 Å². The molecule has 3 aliphatic rings. The summed E-state index contributed by atoms with van der Waals surface area (Å²) in [6.45, 7) is 1.47. The summed E-state index contributed by atoms with van der Waals surface area (Å²) in [5.74, 6) is 1.49. The number of ether oxygens (including phenoxy) is 4. The molecule has 2 aliphatic heterocycles. The molecule has 0 bridgehead atoms. The van der Waals surface area contributed by atoms with E-state index >= 15 is 0 Å². The number of nitrogens with zero attached hydrogens (tertiary/aromatic N) is 3. The SMILES string of the molecule is COc1ccc2nccc(/C=C/CNC[C@@H]3CN(C4=COC=C(C5=CC=CCC5)O4)C(=O)O3)c2n1. The molecule has 5 rings (SSSR count). The summed E-state index contributed by atoms with van der Waals surface area (Å²) in [5, 5.41) is 3.30. The maximum Gasteiger partial charge on any atom is 0.417 e. The lowest BCUT2D eigenvalue weighted by Crippen LogP contribution is -2.31. The van der Waals surface area contributed by atoms with Gasteiger partial charge < -0.3 is 24.3 Å². The van der Waals surface area contributed by atoms with E-state index in [2.05, 4.69) is 21.4 Å². The second-order valence-corrected chi connectivity index (χ2v) is 8.13. The van der Waals surface area contributed by atoms with Gasteiger partial charge in [0, 0.05) is 30.9 Å². The molecule has 0 radical (unpaired) electrons. The highest BCUT2D eigenvalue weighted by Gasteiger charge is 2.36. The minimum absolute atomic E-state index is 0.306. The Hall–Kier alpha value is -4.11. The number of pyridine rings is 2. The zero-order valence-electron chi connectivity index (χ0n) is 19.3. The van der Waals surface area contributed by atoms with Crippen LogP contribution in [0.15, 0.2) is 78.4 Å². The van der Waals surface area contributed by atoms with Crippen molar-refractivity contribution in [1.29, 1.82) is 0 Å². The number of hydrogen-bond donors (Lipinski definition) is 1. The molecule has 9 heteroatoms. The van der Waals surface area contributed by atoms with Gasteiger partial charge in [-0.05, 0) is 30.5 Å².